The number of nitrogens with one attached hydrogen (secondary N) is 2. The van der Waals surface area contributed by atoms with E-state index in [1.54, 1.807) is 4.90 Å². The molecule has 0 saturated heterocycles. The number of primary amides is 1. The SMILES string of the molecule is C[C@H](c1ccccc1)N(C(=O)C(c1ccccc1)c1ccccc1)[C@H](CCCN=C(NC(=O)OCc1ccccc1)NC(=O)OCc1ccccc1)C(N)=O. The molecular formula is C44H45N5O6. The summed E-state index contributed by atoms with van der Waals surface area (Å²) < 4.78 is 10.7. The van der Waals surface area contributed by atoms with Crippen molar-refractivity contribution in [3.05, 3.63) is 179 Å². The van der Waals surface area contributed by atoms with Gasteiger partial charge in [0.05, 0.1) is 12.0 Å². The molecule has 282 valence electrons. The van der Waals surface area contributed by atoms with Gasteiger partial charge in [-0.15, -0.1) is 0 Å². The molecule has 5 aromatic rings. The number of carbonyl (C=O) groups is 4. The highest BCUT2D eigenvalue weighted by molar-refractivity contribution is 6.01. The van der Waals surface area contributed by atoms with Gasteiger partial charge in [-0.3, -0.25) is 25.2 Å². The number of guanidine groups is 1. The topological polar surface area (TPSA) is 152 Å². The van der Waals surface area contributed by atoms with E-state index in [-0.39, 0.29) is 44.5 Å². The van der Waals surface area contributed by atoms with E-state index in [0.29, 0.717) is 0 Å². The summed E-state index contributed by atoms with van der Waals surface area (Å²) in [7, 11) is 0. The van der Waals surface area contributed by atoms with E-state index < -0.39 is 36.1 Å². The summed E-state index contributed by atoms with van der Waals surface area (Å²) in [6.07, 6.45) is -1.29. The van der Waals surface area contributed by atoms with Crippen molar-refractivity contribution in [3.8, 4) is 0 Å². The summed E-state index contributed by atoms with van der Waals surface area (Å²) in [6.45, 7) is 1.91. The number of hydrogen-bond acceptors (Lipinski definition) is 7. The van der Waals surface area contributed by atoms with Crippen LogP contribution in [0.4, 0.5) is 9.59 Å². The molecule has 0 unspecified atom stereocenters. The predicted molar refractivity (Wildman–Crippen MR) is 210 cm³/mol. The molecule has 0 fully saturated rings. The molecule has 0 aliphatic rings. The standard InChI is InChI=1S/C44H45N5O6/c1-32(35-22-11-4-12-23-35)49(41(51)39(36-24-13-5-14-25-36)37-26-15-6-16-27-37)38(40(45)50)28-17-29-46-42(47-43(52)54-30-33-18-7-2-8-19-33)48-44(53)55-31-34-20-9-3-10-21-34/h2-16,18-27,32,38-39H,17,28-31H2,1H3,(H2,45,50)(H2,46,47,48,52,53)/t32-,38-/m1/s1. The first-order valence-corrected chi connectivity index (χ1v) is 18.1. The van der Waals surface area contributed by atoms with Gasteiger partial charge in [0, 0.05) is 6.54 Å². The Morgan fingerprint density at radius 1 is 0.618 bits per heavy atom. The van der Waals surface area contributed by atoms with E-state index in [1.807, 2.05) is 159 Å². The first-order valence-electron chi connectivity index (χ1n) is 18.1. The zero-order valence-electron chi connectivity index (χ0n) is 30.6. The minimum Gasteiger partial charge on any atom is -0.444 e. The maximum absolute atomic E-state index is 14.9. The Morgan fingerprint density at radius 2 is 1.02 bits per heavy atom. The van der Waals surface area contributed by atoms with Gasteiger partial charge in [0.2, 0.25) is 17.8 Å². The van der Waals surface area contributed by atoms with Crippen molar-refractivity contribution in [2.45, 2.75) is 51.0 Å². The fraction of sp³-hybridized carbons (Fsp3) is 0.205. The summed E-state index contributed by atoms with van der Waals surface area (Å²) in [5, 5.41) is 4.96. The molecule has 4 N–H and O–H groups in total. The van der Waals surface area contributed by atoms with Gasteiger partial charge >= 0.3 is 12.2 Å². The van der Waals surface area contributed by atoms with Crippen molar-refractivity contribution < 1.29 is 28.7 Å². The number of aliphatic imine (C=N–C) groups is 1. The summed E-state index contributed by atoms with van der Waals surface area (Å²) in [5.41, 5.74) is 10.0. The zero-order chi connectivity index (χ0) is 38.8. The minimum atomic E-state index is -1.02. The van der Waals surface area contributed by atoms with Crippen molar-refractivity contribution in [1.82, 2.24) is 15.5 Å². The van der Waals surface area contributed by atoms with Crippen LogP contribution in [0.5, 0.6) is 0 Å². The van der Waals surface area contributed by atoms with Crippen molar-refractivity contribution in [3.63, 3.8) is 0 Å². The fourth-order valence-corrected chi connectivity index (χ4v) is 6.14. The van der Waals surface area contributed by atoms with E-state index in [0.717, 1.165) is 27.8 Å². The highest BCUT2D eigenvalue weighted by Gasteiger charge is 2.37. The van der Waals surface area contributed by atoms with Crippen LogP contribution < -0.4 is 16.4 Å². The van der Waals surface area contributed by atoms with Gasteiger partial charge in [-0.2, -0.15) is 0 Å². The lowest BCUT2D eigenvalue weighted by atomic mass is 9.88. The number of hydrogen-bond donors (Lipinski definition) is 3. The lowest BCUT2D eigenvalue weighted by molar-refractivity contribution is -0.142. The molecule has 55 heavy (non-hydrogen) atoms. The molecule has 0 aliphatic carbocycles. The molecule has 0 aliphatic heterocycles. The normalized spacial score (nSPS) is 11.7. The highest BCUT2D eigenvalue weighted by atomic mass is 16.6. The van der Waals surface area contributed by atoms with Crippen LogP contribution in [0.2, 0.25) is 0 Å². The number of benzene rings is 5. The van der Waals surface area contributed by atoms with Crippen molar-refractivity contribution in [1.29, 1.82) is 0 Å². The summed E-state index contributed by atoms with van der Waals surface area (Å²) in [5.74, 6) is -1.87. The van der Waals surface area contributed by atoms with Crippen molar-refractivity contribution in [2.24, 2.45) is 10.7 Å². The third-order valence-corrected chi connectivity index (χ3v) is 8.90. The van der Waals surface area contributed by atoms with Crippen LogP contribution in [0, 0.1) is 0 Å². The van der Waals surface area contributed by atoms with E-state index in [4.69, 9.17) is 15.2 Å². The molecule has 0 heterocycles. The molecular weight excluding hydrogens is 695 g/mol. The van der Waals surface area contributed by atoms with Crippen molar-refractivity contribution in [2.75, 3.05) is 6.54 Å². The van der Waals surface area contributed by atoms with E-state index in [1.165, 1.54) is 0 Å². The van der Waals surface area contributed by atoms with Gasteiger partial charge in [0.15, 0.2) is 0 Å². The van der Waals surface area contributed by atoms with Gasteiger partial charge < -0.3 is 20.1 Å². The molecule has 0 aromatic heterocycles. The average Bonchev–Trinajstić information content (AvgIpc) is 3.22. The van der Waals surface area contributed by atoms with Crippen LogP contribution in [0.3, 0.4) is 0 Å². The molecule has 5 rings (SSSR count). The predicted octanol–water partition coefficient (Wildman–Crippen LogP) is 7.25. The third-order valence-electron chi connectivity index (χ3n) is 8.90. The lowest BCUT2D eigenvalue weighted by Gasteiger charge is -2.38. The number of rotatable bonds is 15. The molecule has 0 saturated carbocycles. The fourth-order valence-electron chi connectivity index (χ4n) is 6.14. The van der Waals surface area contributed by atoms with Crippen LogP contribution in [-0.4, -0.2) is 47.4 Å². The van der Waals surface area contributed by atoms with Crippen LogP contribution in [-0.2, 0) is 32.3 Å². The highest BCUT2D eigenvalue weighted by Crippen LogP contribution is 2.33. The Hall–Kier alpha value is -6.75. The quantitative estimate of drug-likeness (QED) is 0.0585. The van der Waals surface area contributed by atoms with E-state index in [9.17, 15) is 19.2 Å². The van der Waals surface area contributed by atoms with Gasteiger partial charge in [-0.05, 0) is 47.6 Å². The number of alkyl carbamates (subject to hydrolysis) is 2. The molecule has 11 heteroatoms. The van der Waals surface area contributed by atoms with E-state index in [2.05, 4.69) is 15.6 Å². The summed E-state index contributed by atoms with van der Waals surface area (Å²) in [4.78, 5) is 59.8. The number of nitrogens with zero attached hydrogens (tertiary/aromatic N) is 2. The Bertz CT molecular complexity index is 1900. The monoisotopic (exact) mass is 739 g/mol. The zero-order valence-corrected chi connectivity index (χ0v) is 30.6. The minimum absolute atomic E-state index is 0.00484. The molecule has 0 bridgehead atoms. The molecule has 0 radical (unpaired) electrons. The van der Waals surface area contributed by atoms with Gasteiger partial charge in [-0.25, -0.2) is 9.59 Å². The summed E-state index contributed by atoms with van der Waals surface area (Å²) >= 11 is 0. The van der Waals surface area contributed by atoms with Gasteiger partial charge in [0.1, 0.15) is 19.3 Å². The molecule has 4 amide bonds. The molecule has 2 atom stereocenters. The Kier molecular flexibility index (Phi) is 14.7. The lowest BCUT2D eigenvalue weighted by Crippen LogP contribution is -2.50. The van der Waals surface area contributed by atoms with Crippen LogP contribution >= 0.6 is 0 Å². The number of ether oxygens (including phenoxy) is 2. The smallest absolute Gasteiger partial charge is 0.414 e. The van der Waals surface area contributed by atoms with Crippen molar-refractivity contribution >= 4 is 30.0 Å². The number of nitrogens with two attached hydrogens (primary N) is 1. The second-order valence-electron chi connectivity index (χ2n) is 12.8. The average molecular weight is 740 g/mol. The second kappa shape index (κ2) is 20.5. The Morgan fingerprint density at radius 3 is 1.44 bits per heavy atom. The second-order valence-corrected chi connectivity index (χ2v) is 12.8. The first kappa shape index (κ1) is 39.5. The number of amides is 4. The maximum Gasteiger partial charge on any atom is 0.414 e. The summed E-state index contributed by atoms with van der Waals surface area (Å²) in [6, 6.07) is 45.0. The third kappa shape index (κ3) is 11.9. The maximum atomic E-state index is 14.9. The Labute approximate surface area is 321 Å². The van der Waals surface area contributed by atoms with Crippen LogP contribution in [0.1, 0.15) is 59.5 Å². The molecule has 11 nitrogen and oxygen atoms in total. The number of carbonyl (C=O) groups excluding carboxylic acids is 4. The largest absolute Gasteiger partial charge is 0.444 e. The van der Waals surface area contributed by atoms with Crippen LogP contribution in [0.15, 0.2) is 157 Å². The first-order chi connectivity index (χ1) is 26.8. The Balaban J connectivity index is 1.36. The van der Waals surface area contributed by atoms with E-state index >= 15 is 0 Å². The van der Waals surface area contributed by atoms with Gasteiger partial charge in [-0.1, -0.05) is 152 Å². The molecule has 5 aromatic carbocycles. The molecule has 0 spiro atoms. The van der Waals surface area contributed by atoms with Crippen LogP contribution in [0.25, 0.3) is 0 Å². The van der Waals surface area contributed by atoms with Gasteiger partial charge in [0.25, 0.3) is 0 Å².